The highest BCUT2D eigenvalue weighted by Crippen LogP contribution is 2.28. The molecule has 1 atom stereocenters. The molecule has 2 aliphatic heterocycles. The highest BCUT2D eigenvalue weighted by molar-refractivity contribution is 6.00. The molecule has 0 spiro atoms. The molecule has 2 N–H and O–H groups in total. The lowest BCUT2D eigenvalue weighted by atomic mass is 10.0. The monoisotopic (exact) mass is 353 g/mol. The molecule has 4 rings (SSSR count). The van der Waals surface area contributed by atoms with E-state index in [-0.39, 0.29) is 23.7 Å². The van der Waals surface area contributed by atoms with Gasteiger partial charge in [0.1, 0.15) is 11.9 Å². The second-order valence-electron chi connectivity index (χ2n) is 6.73. The molecule has 0 aromatic heterocycles. The van der Waals surface area contributed by atoms with E-state index >= 15 is 0 Å². The van der Waals surface area contributed by atoms with Crippen molar-refractivity contribution >= 4 is 28.9 Å². The highest BCUT2D eigenvalue weighted by Gasteiger charge is 2.30. The molecule has 6 heteroatoms. The Morgan fingerprint density at radius 1 is 1.12 bits per heavy atom. The smallest absolute Gasteiger partial charge is 0.249 e. The number of nitrogens with one attached hydrogen (secondary N) is 2. The van der Waals surface area contributed by atoms with E-state index in [0.717, 1.165) is 29.8 Å². The van der Waals surface area contributed by atoms with Crippen LogP contribution in [0.3, 0.4) is 0 Å². The van der Waals surface area contributed by atoms with Crippen LogP contribution in [0, 0.1) is 5.82 Å². The first kappa shape index (κ1) is 16.6. The molecule has 26 heavy (non-hydrogen) atoms. The predicted molar refractivity (Wildman–Crippen MR) is 98.8 cm³/mol. The molecule has 5 nitrogen and oxygen atoms in total. The van der Waals surface area contributed by atoms with Crippen LogP contribution in [-0.4, -0.2) is 24.4 Å². The van der Waals surface area contributed by atoms with E-state index in [1.54, 1.807) is 17.0 Å². The van der Waals surface area contributed by atoms with E-state index in [0.29, 0.717) is 25.1 Å². The molecule has 2 aromatic rings. The maximum atomic E-state index is 13.5. The minimum absolute atomic E-state index is 0.0145. The quantitative estimate of drug-likeness (QED) is 0.890. The molecular formula is C20H20FN3O2. The number of fused-ring (bicyclic) bond motifs is 1. The van der Waals surface area contributed by atoms with Crippen LogP contribution in [0.2, 0.25) is 0 Å². The molecule has 0 bridgehead atoms. The van der Waals surface area contributed by atoms with Crippen molar-refractivity contribution in [3.63, 3.8) is 0 Å². The zero-order chi connectivity index (χ0) is 18.1. The van der Waals surface area contributed by atoms with Crippen LogP contribution in [0.4, 0.5) is 21.5 Å². The van der Waals surface area contributed by atoms with Gasteiger partial charge in [0, 0.05) is 30.0 Å². The van der Waals surface area contributed by atoms with Gasteiger partial charge in [-0.3, -0.25) is 9.59 Å². The lowest BCUT2D eigenvalue weighted by Crippen LogP contribution is -2.47. The van der Waals surface area contributed by atoms with Crippen molar-refractivity contribution < 1.29 is 14.0 Å². The molecule has 2 aromatic carbocycles. The third-order valence-electron chi connectivity index (χ3n) is 4.90. The van der Waals surface area contributed by atoms with Gasteiger partial charge >= 0.3 is 0 Å². The Bertz CT molecular complexity index is 868. The number of halogens is 1. The summed E-state index contributed by atoms with van der Waals surface area (Å²) in [4.78, 5) is 26.1. The van der Waals surface area contributed by atoms with Crippen LogP contribution in [-0.2, 0) is 16.0 Å². The normalized spacial score (nSPS) is 19.7. The maximum absolute atomic E-state index is 13.5. The summed E-state index contributed by atoms with van der Waals surface area (Å²) in [5.74, 6) is -0.403. The number of hydrogen-bond acceptors (Lipinski definition) is 3. The highest BCUT2D eigenvalue weighted by atomic mass is 19.1. The Morgan fingerprint density at radius 3 is 2.85 bits per heavy atom. The zero-order valence-electron chi connectivity index (χ0n) is 14.3. The molecule has 134 valence electrons. The molecule has 1 unspecified atom stereocenters. The maximum Gasteiger partial charge on any atom is 0.249 e. The van der Waals surface area contributed by atoms with E-state index < -0.39 is 0 Å². The number of amides is 2. The van der Waals surface area contributed by atoms with Crippen molar-refractivity contribution in [2.45, 2.75) is 31.7 Å². The minimum atomic E-state index is -0.371. The van der Waals surface area contributed by atoms with Gasteiger partial charge in [-0.15, -0.1) is 0 Å². The zero-order valence-corrected chi connectivity index (χ0v) is 14.3. The number of hydrogen-bond donors (Lipinski definition) is 2. The Balaban J connectivity index is 1.52. The summed E-state index contributed by atoms with van der Waals surface area (Å²) >= 11 is 0. The molecule has 2 amide bonds. The number of carbonyl (C=O) groups excluding carboxylic acids is 2. The SMILES string of the molecule is O=C1CCc2ccc(NC3CCCN(c4cccc(F)c4)C3=O)cc2N1. The number of rotatable bonds is 3. The summed E-state index contributed by atoms with van der Waals surface area (Å²) in [6.07, 6.45) is 2.79. The first-order chi connectivity index (χ1) is 12.6. The van der Waals surface area contributed by atoms with Crippen molar-refractivity contribution in [2.75, 3.05) is 22.1 Å². The lowest BCUT2D eigenvalue weighted by Gasteiger charge is -2.33. The standard InChI is InChI=1S/C20H20FN3O2/c21-14-3-1-4-16(11-14)24-10-2-5-17(20(24)26)22-15-8-6-13-7-9-19(25)23-18(13)12-15/h1,3-4,6,8,11-12,17,22H,2,5,7,9-10H2,(H,23,25). The van der Waals surface area contributed by atoms with Crippen molar-refractivity contribution in [3.8, 4) is 0 Å². The molecule has 0 saturated carbocycles. The van der Waals surface area contributed by atoms with Crippen LogP contribution in [0.15, 0.2) is 42.5 Å². The van der Waals surface area contributed by atoms with Crippen LogP contribution in [0.1, 0.15) is 24.8 Å². The van der Waals surface area contributed by atoms with Gasteiger partial charge in [0.25, 0.3) is 0 Å². The van der Waals surface area contributed by atoms with Gasteiger partial charge in [0.05, 0.1) is 0 Å². The molecule has 1 fully saturated rings. The second kappa shape index (κ2) is 6.78. The average molecular weight is 353 g/mol. The Labute approximate surface area is 151 Å². The van der Waals surface area contributed by atoms with Crippen molar-refractivity contribution in [1.29, 1.82) is 0 Å². The van der Waals surface area contributed by atoms with Gasteiger partial charge in [-0.1, -0.05) is 12.1 Å². The van der Waals surface area contributed by atoms with E-state index in [2.05, 4.69) is 10.6 Å². The van der Waals surface area contributed by atoms with E-state index in [1.807, 2.05) is 18.2 Å². The van der Waals surface area contributed by atoms with Crippen LogP contribution < -0.4 is 15.5 Å². The van der Waals surface area contributed by atoms with Crippen LogP contribution >= 0.6 is 0 Å². The van der Waals surface area contributed by atoms with Gasteiger partial charge in [-0.2, -0.15) is 0 Å². The Hall–Kier alpha value is -2.89. The number of piperidine rings is 1. The fourth-order valence-corrected chi connectivity index (χ4v) is 3.57. The summed E-state index contributed by atoms with van der Waals surface area (Å²) in [7, 11) is 0. The molecule has 0 radical (unpaired) electrons. The van der Waals surface area contributed by atoms with Gasteiger partial charge < -0.3 is 15.5 Å². The predicted octanol–water partition coefficient (Wildman–Crippen LogP) is 3.32. The van der Waals surface area contributed by atoms with E-state index in [9.17, 15) is 14.0 Å². The van der Waals surface area contributed by atoms with Crippen LogP contribution in [0.5, 0.6) is 0 Å². The van der Waals surface area contributed by atoms with E-state index in [1.165, 1.54) is 12.1 Å². The molecule has 2 aliphatic rings. The molecular weight excluding hydrogens is 333 g/mol. The fraction of sp³-hybridized carbons (Fsp3) is 0.300. The first-order valence-corrected chi connectivity index (χ1v) is 8.86. The number of aryl methyl sites for hydroxylation is 1. The van der Waals surface area contributed by atoms with Crippen LogP contribution in [0.25, 0.3) is 0 Å². The van der Waals surface area contributed by atoms with Crippen molar-refractivity contribution in [2.24, 2.45) is 0 Å². The first-order valence-electron chi connectivity index (χ1n) is 8.86. The fourth-order valence-electron chi connectivity index (χ4n) is 3.57. The van der Waals surface area contributed by atoms with Gasteiger partial charge in [-0.25, -0.2) is 4.39 Å². The van der Waals surface area contributed by atoms with Gasteiger partial charge in [0.2, 0.25) is 11.8 Å². The lowest BCUT2D eigenvalue weighted by molar-refractivity contribution is -0.120. The average Bonchev–Trinajstić information content (AvgIpc) is 2.63. The third kappa shape index (κ3) is 3.27. The largest absolute Gasteiger partial charge is 0.374 e. The van der Waals surface area contributed by atoms with Gasteiger partial charge in [-0.05, 0) is 55.2 Å². The number of nitrogens with zero attached hydrogens (tertiary/aromatic N) is 1. The summed E-state index contributed by atoms with van der Waals surface area (Å²) in [6.45, 7) is 0.584. The summed E-state index contributed by atoms with van der Waals surface area (Å²) in [5.41, 5.74) is 3.28. The number of benzene rings is 2. The Kier molecular flexibility index (Phi) is 4.32. The second-order valence-corrected chi connectivity index (χ2v) is 6.73. The van der Waals surface area contributed by atoms with Gasteiger partial charge in [0.15, 0.2) is 0 Å². The Morgan fingerprint density at radius 2 is 2.00 bits per heavy atom. The third-order valence-corrected chi connectivity index (χ3v) is 4.90. The van der Waals surface area contributed by atoms with E-state index in [4.69, 9.17) is 0 Å². The van der Waals surface area contributed by atoms with Crippen molar-refractivity contribution in [1.82, 2.24) is 0 Å². The number of carbonyl (C=O) groups is 2. The molecule has 2 heterocycles. The molecule has 1 saturated heterocycles. The number of anilines is 3. The summed E-state index contributed by atoms with van der Waals surface area (Å²) in [6, 6.07) is 11.5. The summed E-state index contributed by atoms with van der Waals surface area (Å²) in [5, 5.41) is 6.15. The topological polar surface area (TPSA) is 61.4 Å². The van der Waals surface area contributed by atoms with Crippen molar-refractivity contribution in [3.05, 3.63) is 53.8 Å². The summed E-state index contributed by atoms with van der Waals surface area (Å²) < 4.78 is 13.5. The minimum Gasteiger partial charge on any atom is -0.374 e. The molecule has 0 aliphatic carbocycles.